The quantitative estimate of drug-likeness (QED) is 0.125. The first-order valence-electron chi connectivity index (χ1n) is 14.8. The fourth-order valence-corrected chi connectivity index (χ4v) is 6.78. The van der Waals surface area contributed by atoms with Crippen LogP contribution < -0.4 is 20.1 Å². The number of imidazole rings is 1. The molecule has 248 valence electrons. The van der Waals surface area contributed by atoms with Crippen molar-refractivity contribution in [2.75, 3.05) is 18.9 Å². The number of anilines is 1. The third-order valence-corrected chi connectivity index (χ3v) is 9.25. The minimum Gasteiger partial charge on any atom is -0.476 e. The summed E-state index contributed by atoms with van der Waals surface area (Å²) in [6.07, 6.45) is 6.47. The normalized spacial score (nSPS) is 27.0. The van der Waals surface area contributed by atoms with Gasteiger partial charge in [0.25, 0.3) is 5.85 Å². The maximum Gasteiger partial charge on any atom is 0.459 e. The van der Waals surface area contributed by atoms with Crippen LogP contribution in [0.25, 0.3) is 11.2 Å². The highest BCUT2D eigenvalue weighted by Gasteiger charge is 2.66. The highest BCUT2D eigenvalue weighted by Crippen LogP contribution is 2.51. The Balaban J connectivity index is 1.39. The van der Waals surface area contributed by atoms with E-state index in [2.05, 4.69) is 20.0 Å². The van der Waals surface area contributed by atoms with Crippen LogP contribution >= 0.6 is 7.75 Å². The van der Waals surface area contributed by atoms with E-state index in [0.29, 0.717) is 12.8 Å². The summed E-state index contributed by atoms with van der Waals surface area (Å²) >= 11 is 0. The van der Waals surface area contributed by atoms with E-state index in [-0.39, 0.29) is 41.5 Å². The highest BCUT2D eigenvalue weighted by atomic mass is 31.2. The fraction of sp³-hybridized carbons (Fsp3) is 0.517. The number of nitrogens with one attached hydrogen (secondary N) is 1. The summed E-state index contributed by atoms with van der Waals surface area (Å²) in [5.41, 5.74) is 3.16. The molecule has 2 aromatic heterocycles. The number of aromatic nitrogens is 4. The molecule has 6 atom stereocenters. The van der Waals surface area contributed by atoms with Gasteiger partial charge in [-0.2, -0.15) is 15.1 Å². The summed E-state index contributed by atoms with van der Waals surface area (Å²) in [4.78, 5) is 25.1. The van der Waals surface area contributed by atoms with Gasteiger partial charge in [0.2, 0.25) is 17.4 Å². The number of terminal acetylenes is 1. The maximum atomic E-state index is 16.5. The lowest BCUT2D eigenvalue weighted by Crippen LogP contribution is -2.50. The van der Waals surface area contributed by atoms with Gasteiger partial charge in [0.15, 0.2) is 23.5 Å². The number of carbonyl (C=O) groups is 1. The van der Waals surface area contributed by atoms with Crippen LogP contribution in [0.4, 0.5) is 10.3 Å². The minimum absolute atomic E-state index is 0.0163. The van der Waals surface area contributed by atoms with Crippen molar-refractivity contribution in [3.63, 3.8) is 0 Å². The SMILES string of the molecule is C#C[C@]1(O)[C@H](n2cnc3c(OCC)nc(N)nc32)O[C@](F)(COP(=O)(N[C@@H](C)C(=O)OC2CCCCC2)Oc2ccccc2)[C@H]1O. The second kappa shape index (κ2) is 13.5. The summed E-state index contributed by atoms with van der Waals surface area (Å²) in [5.74, 6) is -2.14. The zero-order chi connectivity index (χ0) is 33.1. The van der Waals surface area contributed by atoms with Crippen LogP contribution in [0.15, 0.2) is 36.7 Å². The number of fused-ring (bicyclic) bond motifs is 1. The molecule has 0 amide bonds. The van der Waals surface area contributed by atoms with Crippen molar-refractivity contribution in [1.29, 1.82) is 0 Å². The summed E-state index contributed by atoms with van der Waals surface area (Å²) < 4.78 is 59.2. The Morgan fingerprint density at radius 1 is 1.30 bits per heavy atom. The molecular formula is C29H36FN6O9P. The van der Waals surface area contributed by atoms with Gasteiger partial charge in [0, 0.05) is 0 Å². The van der Waals surface area contributed by atoms with Gasteiger partial charge in [-0.1, -0.05) is 30.5 Å². The zero-order valence-electron chi connectivity index (χ0n) is 25.2. The molecule has 1 saturated carbocycles. The molecule has 1 aromatic carbocycles. The molecule has 0 bridgehead atoms. The third kappa shape index (κ3) is 6.80. The van der Waals surface area contributed by atoms with Gasteiger partial charge in [-0.05, 0) is 51.7 Å². The molecule has 1 aliphatic carbocycles. The number of nitrogens with two attached hydrogens (primary N) is 1. The number of hydrogen-bond acceptors (Lipinski definition) is 13. The Labute approximate surface area is 264 Å². The molecule has 2 aliphatic rings. The lowest BCUT2D eigenvalue weighted by molar-refractivity contribution is -0.202. The number of hydrogen-bond donors (Lipinski definition) is 4. The Hall–Kier alpha value is -3.84. The lowest BCUT2D eigenvalue weighted by atomic mass is 9.94. The van der Waals surface area contributed by atoms with Crippen molar-refractivity contribution in [2.45, 2.75) is 81.9 Å². The largest absolute Gasteiger partial charge is 0.476 e. The first kappa shape index (κ1) is 33.5. The van der Waals surface area contributed by atoms with Crippen molar-refractivity contribution in [1.82, 2.24) is 24.6 Å². The summed E-state index contributed by atoms with van der Waals surface area (Å²) in [5, 5.41) is 24.8. The van der Waals surface area contributed by atoms with Crippen LogP contribution in [0.3, 0.4) is 0 Å². The van der Waals surface area contributed by atoms with Crippen LogP contribution in [-0.2, 0) is 23.4 Å². The summed E-state index contributed by atoms with van der Waals surface area (Å²) in [6, 6.07) is 6.61. The van der Waals surface area contributed by atoms with E-state index in [4.69, 9.17) is 35.4 Å². The number of rotatable bonds is 12. The molecule has 1 unspecified atom stereocenters. The predicted molar refractivity (Wildman–Crippen MR) is 161 cm³/mol. The van der Waals surface area contributed by atoms with Crippen LogP contribution in [0.2, 0.25) is 0 Å². The van der Waals surface area contributed by atoms with Crippen LogP contribution in [0.1, 0.15) is 52.2 Å². The Morgan fingerprint density at radius 3 is 2.70 bits per heavy atom. The number of esters is 1. The van der Waals surface area contributed by atoms with Crippen molar-refractivity contribution in [2.24, 2.45) is 0 Å². The number of ether oxygens (including phenoxy) is 3. The van der Waals surface area contributed by atoms with Crippen LogP contribution in [0, 0.1) is 12.3 Å². The Morgan fingerprint density at radius 2 is 2.02 bits per heavy atom. The monoisotopic (exact) mass is 662 g/mol. The average Bonchev–Trinajstić information content (AvgIpc) is 3.54. The van der Waals surface area contributed by atoms with E-state index in [1.165, 1.54) is 19.1 Å². The van der Waals surface area contributed by atoms with Crippen LogP contribution in [0.5, 0.6) is 11.6 Å². The zero-order valence-corrected chi connectivity index (χ0v) is 26.1. The van der Waals surface area contributed by atoms with E-state index < -0.39 is 50.2 Å². The van der Waals surface area contributed by atoms with Crippen LogP contribution in [-0.4, -0.2) is 78.6 Å². The van der Waals surface area contributed by atoms with Crippen molar-refractivity contribution in [3.8, 4) is 24.0 Å². The standard InChI is InChI=1S/C29H36FN6O9P/c1-4-28(39)25(38)29(30,44-26(28)36-17-32-21-22(36)33-27(31)34-23(21)41-5-2)16-42-46(40,45-20-14-10-7-11-15-20)35-18(3)24(37)43-19-12-8-6-9-13-19/h1,7,10-11,14-15,17-19,25-26,38-39H,5-6,8-9,12-13,16H2,2-3H3,(H,35,40)(H2,31,33,34)/t18-,25-,26+,28+,29+,46?/m0/s1. The molecule has 3 heterocycles. The molecule has 1 aliphatic heterocycles. The van der Waals surface area contributed by atoms with Crippen molar-refractivity contribution >= 4 is 30.8 Å². The second-order valence-electron chi connectivity index (χ2n) is 11.0. The van der Waals surface area contributed by atoms with Gasteiger partial charge in [0.05, 0.1) is 12.9 Å². The lowest BCUT2D eigenvalue weighted by Gasteiger charge is -2.29. The van der Waals surface area contributed by atoms with E-state index in [1.54, 1.807) is 25.1 Å². The van der Waals surface area contributed by atoms with E-state index in [0.717, 1.165) is 30.2 Å². The molecule has 46 heavy (non-hydrogen) atoms. The number of halogens is 1. The number of benzene rings is 1. The molecule has 1 saturated heterocycles. The van der Waals surface area contributed by atoms with Gasteiger partial charge in [0.1, 0.15) is 24.5 Å². The first-order chi connectivity index (χ1) is 21.9. The second-order valence-corrected chi connectivity index (χ2v) is 12.7. The van der Waals surface area contributed by atoms with Crippen molar-refractivity contribution < 1.29 is 47.2 Å². The summed E-state index contributed by atoms with van der Waals surface area (Å²) in [7, 11) is -4.60. The Bertz CT molecular complexity index is 1630. The number of carbonyl (C=O) groups excluding carboxylic acids is 1. The van der Waals surface area contributed by atoms with Gasteiger partial charge in [-0.25, -0.2) is 13.9 Å². The van der Waals surface area contributed by atoms with Gasteiger partial charge < -0.3 is 34.7 Å². The molecule has 0 spiro atoms. The van der Waals surface area contributed by atoms with E-state index >= 15 is 4.39 Å². The summed E-state index contributed by atoms with van der Waals surface area (Å²) in [6.45, 7) is 2.04. The third-order valence-electron chi connectivity index (χ3n) is 7.62. The number of aliphatic hydroxyl groups excluding tert-OH is 1. The molecule has 3 aromatic rings. The maximum absolute atomic E-state index is 16.5. The minimum atomic E-state index is -4.60. The highest BCUT2D eigenvalue weighted by molar-refractivity contribution is 7.52. The van der Waals surface area contributed by atoms with Gasteiger partial charge in [-0.15, -0.1) is 6.42 Å². The average molecular weight is 663 g/mol. The number of aliphatic hydroxyl groups is 2. The van der Waals surface area contributed by atoms with Crippen molar-refractivity contribution in [3.05, 3.63) is 36.7 Å². The van der Waals surface area contributed by atoms with Gasteiger partial charge >= 0.3 is 13.7 Å². The molecular weight excluding hydrogens is 626 g/mol. The van der Waals surface area contributed by atoms with E-state index in [9.17, 15) is 19.6 Å². The topological polar surface area (TPSA) is 202 Å². The molecule has 2 fully saturated rings. The number of nitrogens with zero attached hydrogens (tertiary/aromatic N) is 4. The molecule has 0 radical (unpaired) electrons. The molecule has 15 nitrogen and oxygen atoms in total. The number of para-hydroxylation sites is 1. The molecule has 17 heteroatoms. The first-order valence-corrected chi connectivity index (χ1v) is 16.3. The number of nitrogen functional groups attached to an aromatic ring is 1. The predicted octanol–water partition coefficient (Wildman–Crippen LogP) is 2.78. The molecule has 5 rings (SSSR count). The van der Waals surface area contributed by atoms with Gasteiger partial charge in [-0.3, -0.25) is 13.9 Å². The number of alkyl halides is 1. The molecule has 5 N–H and O–H groups in total. The Kier molecular flexibility index (Phi) is 9.83. The van der Waals surface area contributed by atoms with E-state index in [1.807, 2.05) is 5.92 Å². The fourth-order valence-electron chi connectivity index (χ4n) is 5.27. The smallest absolute Gasteiger partial charge is 0.459 e.